The molecule has 2 aromatic rings. The molecule has 0 aliphatic carbocycles. The molecule has 2 heterocycles. The minimum absolute atomic E-state index is 0.161. The van der Waals surface area contributed by atoms with Gasteiger partial charge in [0.15, 0.2) is 0 Å². The predicted molar refractivity (Wildman–Crippen MR) is 92.1 cm³/mol. The molecule has 0 radical (unpaired) electrons. The van der Waals surface area contributed by atoms with E-state index in [-0.39, 0.29) is 23.5 Å². The van der Waals surface area contributed by atoms with Gasteiger partial charge in [0, 0.05) is 17.8 Å². The summed E-state index contributed by atoms with van der Waals surface area (Å²) in [6.45, 7) is 3.18. The molecule has 4 nitrogen and oxygen atoms in total. The summed E-state index contributed by atoms with van der Waals surface area (Å²) in [6.07, 6.45) is 3.39. The van der Waals surface area contributed by atoms with E-state index >= 15 is 0 Å². The molecule has 0 bridgehead atoms. The first-order valence-electron chi connectivity index (χ1n) is 8.78. The summed E-state index contributed by atoms with van der Waals surface area (Å²) in [5, 5.41) is 0. The molecular formula is C20H22FNO3. The van der Waals surface area contributed by atoms with Crippen LogP contribution in [-0.2, 0) is 16.1 Å². The van der Waals surface area contributed by atoms with E-state index < -0.39 is 0 Å². The maximum Gasteiger partial charge on any atom is 0.314 e. The summed E-state index contributed by atoms with van der Waals surface area (Å²) in [4.78, 5) is 25.1. The van der Waals surface area contributed by atoms with Gasteiger partial charge in [-0.05, 0) is 55.7 Å². The Morgan fingerprint density at radius 3 is 2.68 bits per heavy atom. The number of rotatable bonds is 6. The first kappa shape index (κ1) is 17.4. The third-order valence-corrected chi connectivity index (χ3v) is 4.61. The summed E-state index contributed by atoms with van der Waals surface area (Å²) in [7, 11) is 0. The van der Waals surface area contributed by atoms with E-state index in [2.05, 4.69) is 0 Å². The lowest BCUT2D eigenvalue weighted by Crippen LogP contribution is -2.25. The number of ether oxygens (including phenoxy) is 1. The third-order valence-electron chi connectivity index (χ3n) is 4.61. The lowest BCUT2D eigenvalue weighted by atomic mass is 9.96. The van der Waals surface area contributed by atoms with Crippen molar-refractivity contribution in [3.8, 4) is 0 Å². The van der Waals surface area contributed by atoms with Crippen molar-refractivity contribution >= 4 is 11.8 Å². The number of fused-ring (bicyclic) bond motifs is 1. The zero-order valence-corrected chi connectivity index (χ0v) is 14.3. The smallest absolute Gasteiger partial charge is 0.314 e. The Kier molecular flexibility index (Phi) is 5.31. The van der Waals surface area contributed by atoms with Gasteiger partial charge in [0.1, 0.15) is 5.82 Å². The molecule has 0 spiro atoms. The minimum Gasteiger partial charge on any atom is -0.465 e. The fourth-order valence-corrected chi connectivity index (χ4v) is 3.24. The van der Waals surface area contributed by atoms with E-state index in [1.54, 1.807) is 6.07 Å². The summed E-state index contributed by atoms with van der Waals surface area (Å²) in [5.74, 6) is -1.07. The Labute approximate surface area is 146 Å². The summed E-state index contributed by atoms with van der Waals surface area (Å²) < 4.78 is 20.3. The first-order chi connectivity index (χ1) is 12.1. The number of benzene rings is 1. The Bertz CT molecular complexity index is 764. The second-order valence-corrected chi connectivity index (χ2v) is 6.35. The molecule has 0 fully saturated rings. The average molecular weight is 343 g/mol. The largest absolute Gasteiger partial charge is 0.465 e. The molecule has 0 saturated heterocycles. The van der Waals surface area contributed by atoms with Gasteiger partial charge in [-0.25, -0.2) is 4.39 Å². The maximum atomic E-state index is 13.1. The van der Waals surface area contributed by atoms with Crippen LogP contribution in [0.5, 0.6) is 0 Å². The number of hydrogen-bond donors (Lipinski definition) is 0. The van der Waals surface area contributed by atoms with Crippen LogP contribution in [0.4, 0.5) is 4.39 Å². The van der Waals surface area contributed by atoms with Crippen LogP contribution in [0.15, 0.2) is 36.4 Å². The van der Waals surface area contributed by atoms with Crippen molar-refractivity contribution < 1.29 is 18.7 Å². The number of unbranched alkanes of at least 4 members (excludes halogenated alkanes) is 1. The van der Waals surface area contributed by atoms with Gasteiger partial charge >= 0.3 is 5.97 Å². The second-order valence-electron chi connectivity index (χ2n) is 6.35. The Balaban J connectivity index is 1.82. The van der Waals surface area contributed by atoms with E-state index in [0.717, 1.165) is 31.4 Å². The van der Waals surface area contributed by atoms with Crippen LogP contribution < -0.4 is 0 Å². The predicted octanol–water partition coefficient (Wildman–Crippen LogP) is 4.08. The molecule has 132 valence electrons. The minimum atomic E-state index is -0.372. The van der Waals surface area contributed by atoms with Gasteiger partial charge in [0.2, 0.25) is 5.78 Å². The highest BCUT2D eigenvalue weighted by molar-refractivity contribution is 6.08. The van der Waals surface area contributed by atoms with E-state index in [1.165, 1.54) is 24.3 Å². The fourth-order valence-electron chi connectivity index (χ4n) is 3.24. The fraction of sp³-hybridized carbons (Fsp3) is 0.400. The molecule has 1 aromatic heterocycles. The number of carbonyl (C=O) groups excluding carboxylic acids is 2. The first-order valence-corrected chi connectivity index (χ1v) is 8.78. The average Bonchev–Trinajstić information content (AvgIpc) is 3.06. The van der Waals surface area contributed by atoms with Gasteiger partial charge in [-0.3, -0.25) is 9.59 Å². The molecule has 1 aromatic carbocycles. The number of aromatic nitrogens is 1. The van der Waals surface area contributed by atoms with Crippen molar-refractivity contribution in [1.82, 2.24) is 4.57 Å². The highest BCUT2D eigenvalue weighted by Crippen LogP contribution is 2.31. The number of ketones is 1. The number of halogens is 1. The molecule has 25 heavy (non-hydrogen) atoms. The van der Waals surface area contributed by atoms with Gasteiger partial charge < -0.3 is 9.30 Å². The number of carbonyl (C=O) groups is 2. The molecule has 1 atom stereocenters. The number of nitrogens with zero attached hydrogens (tertiary/aromatic N) is 1. The van der Waals surface area contributed by atoms with Gasteiger partial charge in [0.05, 0.1) is 18.2 Å². The topological polar surface area (TPSA) is 48.3 Å². The molecule has 1 aliphatic rings. The third kappa shape index (κ3) is 3.65. The zero-order chi connectivity index (χ0) is 17.8. The molecule has 0 saturated carbocycles. The lowest BCUT2D eigenvalue weighted by Gasteiger charge is -2.24. The Morgan fingerprint density at radius 2 is 1.96 bits per heavy atom. The second kappa shape index (κ2) is 7.64. The van der Waals surface area contributed by atoms with Crippen molar-refractivity contribution in [2.24, 2.45) is 0 Å². The van der Waals surface area contributed by atoms with Crippen molar-refractivity contribution in [3.05, 3.63) is 59.2 Å². The number of esters is 1. The summed E-state index contributed by atoms with van der Waals surface area (Å²) in [5.41, 5.74) is 1.81. The van der Waals surface area contributed by atoms with E-state index in [1.807, 2.05) is 17.6 Å². The van der Waals surface area contributed by atoms with Gasteiger partial charge in [0.25, 0.3) is 0 Å². The summed E-state index contributed by atoms with van der Waals surface area (Å²) in [6, 6.07) is 9.11. The van der Waals surface area contributed by atoms with E-state index in [4.69, 9.17) is 4.74 Å². The molecule has 0 amide bonds. The zero-order valence-electron chi connectivity index (χ0n) is 14.3. The molecule has 3 rings (SSSR count). The summed E-state index contributed by atoms with van der Waals surface area (Å²) >= 11 is 0. The van der Waals surface area contributed by atoms with Crippen LogP contribution in [-0.4, -0.2) is 22.9 Å². The Morgan fingerprint density at radius 1 is 1.20 bits per heavy atom. The van der Waals surface area contributed by atoms with Crippen molar-refractivity contribution in [1.29, 1.82) is 0 Å². The van der Waals surface area contributed by atoms with Crippen LogP contribution in [0, 0.1) is 5.82 Å². The van der Waals surface area contributed by atoms with E-state index in [0.29, 0.717) is 24.4 Å². The van der Waals surface area contributed by atoms with Crippen molar-refractivity contribution in [2.75, 3.05) is 6.61 Å². The van der Waals surface area contributed by atoms with Gasteiger partial charge in [-0.1, -0.05) is 13.3 Å². The molecule has 1 aliphatic heterocycles. The van der Waals surface area contributed by atoms with Crippen LogP contribution >= 0.6 is 0 Å². The highest BCUT2D eigenvalue weighted by atomic mass is 19.1. The maximum absolute atomic E-state index is 13.1. The van der Waals surface area contributed by atoms with Crippen LogP contribution in [0.3, 0.4) is 0 Å². The normalized spacial score (nSPS) is 16.3. The van der Waals surface area contributed by atoms with Crippen LogP contribution in [0.1, 0.15) is 60.3 Å². The van der Waals surface area contributed by atoms with Gasteiger partial charge in [-0.15, -0.1) is 0 Å². The van der Waals surface area contributed by atoms with Crippen molar-refractivity contribution in [3.63, 3.8) is 0 Å². The standard InChI is InChI=1S/C20H22FNO3/c1-2-3-13-25-20(24)16-5-4-12-22-17(16)10-11-18(22)19(23)14-6-8-15(21)9-7-14/h6-11,16H,2-5,12-13H2,1H3. The molecule has 5 heteroatoms. The monoisotopic (exact) mass is 343 g/mol. The SMILES string of the molecule is CCCCOC(=O)C1CCCn2c(C(=O)c3ccc(F)cc3)ccc21. The van der Waals surface area contributed by atoms with Crippen LogP contribution in [0.25, 0.3) is 0 Å². The van der Waals surface area contributed by atoms with Gasteiger partial charge in [-0.2, -0.15) is 0 Å². The highest BCUT2D eigenvalue weighted by Gasteiger charge is 2.30. The quantitative estimate of drug-likeness (QED) is 0.451. The van der Waals surface area contributed by atoms with E-state index in [9.17, 15) is 14.0 Å². The number of hydrogen-bond acceptors (Lipinski definition) is 3. The van der Waals surface area contributed by atoms with Crippen LogP contribution in [0.2, 0.25) is 0 Å². The molecule has 1 unspecified atom stereocenters. The lowest BCUT2D eigenvalue weighted by molar-refractivity contribution is -0.146. The molecule has 0 N–H and O–H groups in total. The Hall–Kier alpha value is -2.43. The molecular weight excluding hydrogens is 321 g/mol. The van der Waals surface area contributed by atoms with Crippen molar-refractivity contribution in [2.45, 2.75) is 45.1 Å².